The second-order valence-electron chi connectivity index (χ2n) is 4.77. The Morgan fingerprint density at radius 1 is 1.39 bits per heavy atom. The molecule has 18 heavy (non-hydrogen) atoms. The Labute approximate surface area is 116 Å². The van der Waals surface area contributed by atoms with Gasteiger partial charge in [-0.2, -0.15) is 0 Å². The minimum Gasteiger partial charge on any atom is -0.465 e. The molecule has 2 atom stereocenters. The van der Waals surface area contributed by atoms with E-state index in [1.54, 1.807) is 0 Å². The van der Waals surface area contributed by atoms with E-state index in [0.29, 0.717) is 6.47 Å². The van der Waals surface area contributed by atoms with E-state index in [1.807, 2.05) is 11.8 Å². The molecule has 3 nitrogen and oxygen atoms in total. The van der Waals surface area contributed by atoms with Gasteiger partial charge in [0.25, 0.3) is 6.47 Å². The maximum absolute atomic E-state index is 9.96. The number of rotatable bonds is 2. The molecule has 2 unspecified atom stereocenters. The molecule has 2 fully saturated rings. The minimum absolute atomic E-state index is 0.209. The summed E-state index contributed by atoms with van der Waals surface area (Å²) in [5.41, 5.74) is 0. The van der Waals surface area contributed by atoms with Crippen molar-refractivity contribution in [1.82, 2.24) is 0 Å². The molecule has 1 aliphatic heterocycles. The SMILES string of the molecule is C1CSCO1.CC1CCCC(OC=O)C1.CCC. The molecular weight excluding hydrogens is 248 g/mol. The van der Waals surface area contributed by atoms with Crippen molar-refractivity contribution in [3.63, 3.8) is 0 Å². The van der Waals surface area contributed by atoms with Crippen LogP contribution < -0.4 is 0 Å². The molecule has 1 aliphatic carbocycles. The third-order valence-electron chi connectivity index (χ3n) is 2.67. The van der Waals surface area contributed by atoms with Crippen molar-refractivity contribution < 1.29 is 14.3 Å². The van der Waals surface area contributed by atoms with Crippen LogP contribution in [0, 0.1) is 5.92 Å². The van der Waals surface area contributed by atoms with Crippen LogP contribution in [0.3, 0.4) is 0 Å². The summed E-state index contributed by atoms with van der Waals surface area (Å²) in [7, 11) is 0. The van der Waals surface area contributed by atoms with Crippen LogP contribution in [0.15, 0.2) is 0 Å². The largest absolute Gasteiger partial charge is 0.465 e. The lowest BCUT2D eigenvalue weighted by Crippen LogP contribution is -2.20. The molecule has 0 bridgehead atoms. The summed E-state index contributed by atoms with van der Waals surface area (Å²) in [6.07, 6.45) is 6.07. The summed E-state index contributed by atoms with van der Waals surface area (Å²) in [6, 6.07) is 0. The lowest BCUT2D eigenvalue weighted by atomic mass is 9.89. The van der Waals surface area contributed by atoms with E-state index in [1.165, 1.54) is 25.0 Å². The second-order valence-corrected chi connectivity index (χ2v) is 5.82. The number of thioether (sulfide) groups is 1. The van der Waals surface area contributed by atoms with Crippen LogP contribution >= 0.6 is 11.8 Å². The summed E-state index contributed by atoms with van der Waals surface area (Å²) in [4.78, 5) is 9.96. The van der Waals surface area contributed by atoms with E-state index in [0.717, 1.165) is 31.3 Å². The van der Waals surface area contributed by atoms with Crippen LogP contribution in [-0.2, 0) is 14.3 Å². The third-order valence-corrected chi connectivity index (χ3v) is 3.46. The smallest absolute Gasteiger partial charge is 0.293 e. The summed E-state index contributed by atoms with van der Waals surface area (Å²) in [6.45, 7) is 7.99. The van der Waals surface area contributed by atoms with Crippen molar-refractivity contribution in [3.05, 3.63) is 0 Å². The number of ether oxygens (including phenoxy) is 2. The summed E-state index contributed by atoms with van der Waals surface area (Å²) >= 11 is 1.85. The van der Waals surface area contributed by atoms with Gasteiger partial charge in [0, 0.05) is 5.75 Å². The Kier molecular flexibility index (Phi) is 13.1. The Bertz CT molecular complexity index is 176. The molecule has 2 rings (SSSR count). The average Bonchev–Trinajstić information content (AvgIpc) is 2.89. The highest BCUT2D eigenvalue weighted by molar-refractivity contribution is 7.99. The van der Waals surface area contributed by atoms with Crippen molar-refractivity contribution in [2.75, 3.05) is 18.3 Å². The zero-order valence-electron chi connectivity index (χ0n) is 12.0. The topological polar surface area (TPSA) is 35.5 Å². The van der Waals surface area contributed by atoms with Crippen LogP contribution in [-0.4, -0.2) is 30.9 Å². The highest BCUT2D eigenvalue weighted by Gasteiger charge is 2.18. The van der Waals surface area contributed by atoms with Gasteiger partial charge in [-0.1, -0.05) is 33.6 Å². The van der Waals surface area contributed by atoms with Gasteiger partial charge in [0.05, 0.1) is 12.5 Å². The van der Waals surface area contributed by atoms with Crippen molar-refractivity contribution >= 4 is 18.2 Å². The van der Waals surface area contributed by atoms with Crippen LogP contribution in [0.25, 0.3) is 0 Å². The van der Waals surface area contributed by atoms with Gasteiger partial charge in [0.15, 0.2) is 0 Å². The van der Waals surface area contributed by atoms with Gasteiger partial charge in [-0.05, 0) is 25.2 Å². The third kappa shape index (κ3) is 10.9. The monoisotopic (exact) mass is 276 g/mol. The van der Waals surface area contributed by atoms with Crippen LogP contribution in [0.4, 0.5) is 0 Å². The Hall–Kier alpha value is -0.220. The standard InChI is InChI=1S/C8H14O2.C3H6OS.C3H8/c1-7-3-2-4-8(5-7)10-6-9;1-2-5-3-4-1;1-3-2/h6-8H,2-5H2,1H3;1-3H2;3H2,1-2H3. The molecule has 108 valence electrons. The predicted molar refractivity (Wildman–Crippen MR) is 77.8 cm³/mol. The molecule has 0 amide bonds. The fraction of sp³-hybridized carbons (Fsp3) is 0.929. The quantitative estimate of drug-likeness (QED) is 0.717. The second kappa shape index (κ2) is 13.2. The Morgan fingerprint density at radius 3 is 2.50 bits per heavy atom. The molecule has 0 N–H and O–H groups in total. The predicted octanol–water partition coefficient (Wildman–Crippen LogP) is 3.86. The van der Waals surface area contributed by atoms with Crippen LogP contribution in [0.5, 0.6) is 0 Å². The van der Waals surface area contributed by atoms with Gasteiger partial charge in [0.2, 0.25) is 0 Å². The summed E-state index contributed by atoms with van der Waals surface area (Å²) in [5.74, 6) is 2.85. The number of carbonyl (C=O) groups is 1. The van der Waals surface area contributed by atoms with Crippen molar-refractivity contribution in [2.24, 2.45) is 5.92 Å². The molecule has 2 aliphatic rings. The van der Waals surface area contributed by atoms with E-state index in [-0.39, 0.29) is 6.10 Å². The molecule has 0 aromatic heterocycles. The van der Waals surface area contributed by atoms with Crippen LogP contribution in [0.1, 0.15) is 52.9 Å². The van der Waals surface area contributed by atoms with Crippen molar-refractivity contribution in [3.8, 4) is 0 Å². The van der Waals surface area contributed by atoms with E-state index in [9.17, 15) is 4.79 Å². The van der Waals surface area contributed by atoms with Gasteiger partial charge in [-0.25, -0.2) is 0 Å². The molecule has 1 saturated heterocycles. The first-order chi connectivity index (χ1) is 8.74. The van der Waals surface area contributed by atoms with Gasteiger partial charge in [0.1, 0.15) is 6.10 Å². The summed E-state index contributed by atoms with van der Waals surface area (Å²) in [5, 5.41) is 0. The number of hydrogen-bond acceptors (Lipinski definition) is 4. The first-order valence-electron chi connectivity index (χ1n) is 6.99. The first-order valence-corrected chi connectivity index (χ1v) is 8.14. The van der Waals surface area contributed by atoms with Gasteiger partial charge < -0.3 is 9.47 Å². The first kappa shape index (κ1) is 17.8. The lowest BCUT2D eigenvalue weighted by molar-refractivity contribution is -0.135. The lowest BCUT2D eigenvalue weighted by Gasteiger charge is -2.24. The number of carbonyl (C=O) groups excluding carboxylic acids is 1. The van der Waals surface area contributed by atoms with E-state index >= 15 is 0 Å². The molecule has 4 heteroatoms. The van der Waals surface area contributed by atoms with E-state index in [4.69, 9.17) is 9.47 Å². The Balaban J connectivity index is 0.000000301. The zero-order valence-corrected chi connectivity index (χ0v) is 12.8. The van der Waals surface area contributed by atoms with Gasteiger partial charge in [-0.3, -0.25) is 4.79 Å². The molecule has 0 aromatic rings. The van der Waals surface area contributed by atoms with Gasteiger partial charge in [-0.15, -0.1) is 11.8 Å². The highest BCUT2D eigenvalue weighted by atomic mass is 32.2. The number of hydrogen-bond donors (Lipinski definition) is 0. The molecule has 1 saturated carbocycles. The van der Waals surface area contributed by atoms with Crippen molar-refractivity contribution in [2.45, 2.75) is 59.0 Å². The zero-order chi connectivity index (χ0) is 13.6. The molecule has 1 heterocycles. The maximum Gasteiger partial charge on any atom is 0.293 e. The average molecular weight is 276 g/mol. The summed E-state index contributed by atoms with van der Waals surface area (Å²) < 4.78 is 9.78. The van der Waals surface area contributed by atoms with Crippen LogP contribution in [0.2, 0.25) is 0 Å². The normalized spacial score (nSPS) is 26.2. The minimum atomic E-state index is 0.209. The molecule has 0 spiro atoms. The van der Waals surface area contributed by atoms with E-state index in [2.05, 4.69) is 20.8 Å². The molecular formula is C14H28O3S. The van der Waals surface area contributed by atoms with Gasteiger partial charge >= 0.3 is 0 Å². The van der Waals surface area contributed by atoms with E-state index < -0.39 is 0 Å². The highest BCUT2D eigenvalue weighted by Crippen LogP contribution is 2.24. The fourth-order valence-electron chi connectivity index (χ4n) is 1.88. The maximum atomic E-state index is 9.96. The Morgan fingerprint density at radius 2 is 2.11 bits per heavy atom. The van der Waals surface area contributed by atoms with Crippen molar-refractivity contribution in [1.29, 1.82) is 0 Å². The fourth-order valence-corrected chi connectivity index (χ4v) is 2.46. The molecule has 0 radical (unpaired) electrons. The molecule has 0 aromatic carbocycles.